The summed E-state index contributed by atoms with van der Waals surface area (Å²) < 4.78 is 7.95. The Kier molecular flexibility index (Phi) is 5.48. The molecule has 174 valence electrons. The summed E-state index contributed by atoms with van der Waals surface area (Å²) in [6, 6.07) is 13.8. The van der Waals surface area contributed by atoms with Gasteiger partial charge in [0.05, 0.1) is 11.6 Å². The van der Waals surface area contributed by atoms with E-state index in [-0.39, 0.29) is 12.1 Å². The number of hydrogen-bond acceptors (Lipinski definition) is 6. The number of rotatable bonds is 5. The highest BCUT2D eigenvalue weighted by Crippen LogP contribution is 2.41. The fraction of sp³-hybridized carbons (Fsp3) is 0.480. The van der Waals surface area contributed by atoms with Crippen LogP contribution in [0.3, 0.4) is 0 Å². The molecule has 8 nitrogen and oxygen atoms in total. The highest BCUT2D eigenvalue weighted by atomic mass is 16.6. The fourth-order valence-electron chi connectivity index (χ4n) is 5.26. The Morgan fingerprint density at radius 1 is 1.18 bits per heavy atom. The molecule has 8 heteroatoms. The Morgan fingerprint density at radius 3 is 2.76 bits per heavy atom. The predicted octanol–water partition coefficient (Wildman–Crippen LogP) is 3.60. The van der Waals surface area contributed by atoms with Gasteiger partial charge < -0.3 is 19.6 Å². The third-order valence-corrected chi connectivity index (χ3v) is 6.69. The van der Waals surface area contributed by atoms with Crippen LogP contribution in [-0.2, 0) is 10.3 Å². The molecule has 2 fully saturated rings. The summed E-state index contributed by atoms with van der Waals surface area (Å²) in [7, 11) is 0. The average molecular weight is 450 g/mol. The molecule has 1 aromatic carbocycles. The number of carbonyl (C=O) groups is 1. The Morgan fingerprint density at radius 2 is 2.00 bits per heavy atom. The topological polar surface area (TPSA) is 83.2 Å². The second kappa shape index (κ2) is 8.33. The summed E-state index contributed by atoms with van der Waals surface area (Å²) in [5, 5.41) is 15.3. The first-order chi connectivity index (χ1) is 15.8. The second-order valence-electron chi connectivity index (χ2n) is 9.82. The molecular weight excluding hydrogens is 418 g/mol. The van der Waals surface area contributed by atoms with Gasteiger partial charge in [-0.3, -0.25) is 0 Å². The van der Waals surface area contributed by atoms with Gasteiger partial charge >= 0.3 is 6.09 Å². The van der Waals surface area contributed by atoms with Gasteiger partial charge in [-0.2, -0.15) is 0 Å². The van der Waals surface area contributed by atoms with E-state index in [0.717, 1.165) is 36.4 Å². The first-order valence-electron chi connectivity index (χ1n) is 11.7. The van der Waals surface area contributed by atoms with Crippen molar-refractivity contribution in [3.63, 3.8) is 0 Å². The van der Waals surface area contributed by atoms with Crippen molar-refractivity contribution < 1.29 is 14.6 Å². The number of fused-ring (bicyclic) bond motifs is 1. The van der Waals surface area contributed by atoms with Crippen molar-refractivity contribution in [3.05, 3.63) is 60.4 Å². The summed E-state index contributed by atoms with van der Waals surface area (Å²) in [5.74, 6) is 0.885. The lowest BCUT2D eigenvalue weighted by molar-refractivity contribution is -0.102. The van der Waals surface area contributed by atoms with E-state index in [4.69, 9.17) is 4.74 Å². The van der Waals surface area contributed by atoms with Crippen LogP contribution in [0.25, 0.3) is 5.65 Å². The lowest BCUT2D eigenvalue weighted by atomic mass is 9.80. The molecule has 2 aliphatic rings. The van der Waals surface area contributed by atoms with Crippen LogP contribution in [0.15, 0.2) is 54.9 Å². The number of ether oxygens (including phenoxy) is 1. The second-order valence-corrected chi connectivity index (χ2v) is 9.82. The maximum Gasteiger partial charge on any atom is 0.410 e. The minimum Gasteiger partial charge on any atom is -0.438 e. The van der Waals surface area contributed by atoms with Crippen molar-refractivity contribution in [2.75, 3.05) is 24.5 Å². The number of imidazole rings is 1. The normalized spacial score (nSPS) is 24.2. The van der Waals surface area contributed by atoms with Crippen LogP contribution < -0.4 is 4.90 Å². The standard InChI is InChI=1S/C25H31N5O3/c1-24(2,32)18-25(19-7-4-3-5-8-19)12-15-29(23(31)33-25)20-9-6-14-28(17-20)22-11-10-21-26-13-16-30(21)27-22/h3-5,7-8,10-11,13,16,20,32H,6,9,12,14-15,17-18H2,1-2H3/t20-,25-/m0/s1. The molecule has 5 rings (SSSR count). The molecule has 2 aliphatic heterocycles. The molecule has 2 aromatic heterocycles. The van der Waals surface area contributed by atoms with Crippen molar-refractivity contribution in [1.82, 2.24) is 19.5 Å². The molecule has 3 aromatic rings. The predicted molar refractivity (Wildman–Crippen MR) is 125 cm³/mol. The van der Waals surface area contributed by atoms with Crippen LogP contribution in [0.4, 0.5) is 10.6 Å². The number of aromatic nitrogens is 3. The van der Waals surface area contributed by atoms with Gasteiger partial charge in [0.15, 0.2) is 5.65 Å². The van der Waals surface area contributed by atoms with E-state index in [1.165, 1.54) is 0 Å². The van der Waals surface area contributed by atoms with Gasteiger partial charge in [-0.25, -0.2) is 14.3 Å². The molecule has 0 unspecified atom stereocenters. The van der Waals surface area contributed by atoms with Crippen molar-refractivity contribution in [2.24, 2.45) is 0 Å². The maximum absolute atomic E-state index is 13.3. The fourth-order valence-corrected chi connectivity index (χ4v) is 5.26. The molecule has 2 saturated heterocycles. The highest BCUT2D eigenvalue weighted by molar-refractivity contribution is 5.70. The highest BCUT2D eigenvalue weighted by Gasteiger charge is 2.47. The SMILES string of the molecule is CC(C)(O)C[C@]1(c2ccccc2)CCN([C@H]2CCCN(c3ccc4nccn4n3)C2)C(=O)O1. The summed E-state index contributed by atoms with van der Waals surface area (Å²) >= 11 is 0. The number of benzene rings is 1. The first kappa shape index (κ1) is 21.7. The van der Waals surface area contributed by atoms with Crippen LogP contribution >= 0.6 is 0 Å². The van der Waals surface area contributed by atoms with Crippen LogP contribution in [0, 0.1) is 0 Å². The Balaban J connectivity index is 1.34. The van der Waals surface area contributed by atoms with Crippen LogP contribution in [0.2, 0.25) is 0 Å². The van der Waals surface area contributed by atoms with Crippen LogP contribution in [0.5, 0.6) is 0 Å². The number of nitrogens with zero attached hydrogens (tertiary/aromatic N) is 5. The number of amides is 1. The summed E-state index contributed by atoms with van der Waals surface area (Å²) in [5.41, 5.74) is -0.0354. The molecule has 1 amide bonds. The van der Waals surface area contributed by atoms with E-state index < -0.39 is 11.2 Å². The zero-order valence-corrected chi connectivity index (χ0v) is 19.2. The number of piperidine rings is 1. The third kappa shape index (κ3) is 4.39. The first-order valence-corrected chi connectivity index (χ1v) is 11.7. The van der Waals surface area contributed by atoms with Crippen molar-refractivity contribution in [2.45, 2.75) is 56.8 Å². The molecule has 0 spiro atoms. The molecule has 0 bridgehead atoms. The number of anilines is 1. The molecule has 33 heavy (non-hydrogen) atoms. The van der Waals surface area contributed by atoms with Crippen molar-refractivity contribution >= 4 is 17.6 Å². The van der Waals surface area contributed by atoms with E-state index in [0.29, 0.717) is 25.9 Å². The van der Waals surface area contributed by atoms with E-state index >= 15 is 0 Å². The molecular formula is C25H31N5O3. The number of carbonyl (C=O) groups excluding carboxylic acids is 1. The Bertz CT molecular complexity index is 1130. The minimum absolute atomic E-state index is 0.0578. The molecule has 0 saturated carbocycles. The van der Waals surface area contributed by atoms with E-state index in [2.05, 4.69) is 15.0 Å². The Labute approximate surface area is 193 Å². The molecule has 0 radical (unpaired) electrons. The van der Waals surface area contributed by atoms with Gasteiger partial charge in [0.2, 0.25) is 0 Å². The number of cyclic esters (lactones) is 1. The summed E-state index contributed by atoms with van der Waals surface area (Å²) in [4.78, 5) is 21.7. The zero-order chi connectivity index (χ0) is 23.1. The van der Waals surface area contributed by atoms with Gasteiger partial charge in [-0.15, -0.1) is 5.10 Å². The summed E-state index contributed by atoms with van der Waals surface area (Å²) in [6.07, 6.45) is 6.18. The van der Waals surface area contributed by atoms with Crippen LogP contribution in [0.1, 0.15) is 45.1 Å². The lowest BCUT2D eigenvalue weighted by Crippen LogP contribution is -2.57. The Hall–Kier alpha value is -3.13. The summed E-state index contributed by atoms with van der Waals surface area (Å²) in [6.45, 7) is 5.74. The zero-order valence-electron chi connectivity index (χ0n) is 19.2. The van der Waals surface area contributed by atoms with E-state index in [9.17, 15) is 9.90 Å². The van der Waals surface area contributed by atoms with Gasteiger partial charge in [0.1, 0.15) is 11.4 Å². The van der Waals surface area contributed by atoms with Gasteiger partial charge in [0, 0.05) is 44.9 Å². The number of hydrogen-bond donors (Lipinski definition) is 1. The van der Waals surface area contributed by atoms with Gasteiger partial charge in [0.25, 0.3) is 0 Å². The van der Waals surface area contributed by atoms with Gasteiger partial charge in [-0.05, 0) is 44.4 Å². The third-order valence-electron chi connectivity index (χ3n) is 6.69. The van der Waals surface area contributed by atoms with Crippen molar-refractivity contribution in [3.8, 4) is 0 Å². The smallest absolute Gasteiger partial charge is 0.410 e. The minimum atomic E-state index is -0.961. The van der Waals surface area contributed by atoms with E-state index in [1.807, 2.05) is 53.6 Å². The lowest BCUT2D eigenvalue weighted by Gasteiger charge is -2.47. The monoisotopic (exact) mass is 449 g/mol. The molecule has 1 N–H and O–H groups in total. The largest absolute Gasteiger partial charge is 0.438 e. The van der Waals surface area contributed by atoms with Crippen LogP contribution in [-0.4, -0.2) is 62.0 Å². The molecule has 4 heterocycles. The molecule has 0 aliphatic carbocycles. The average Bonchev–Trinajstić information content (AvgIpc) is 3.27. The van der Waals surface area contributed by atoms with E-state index in [1.54, 1.807) is 24.6 Å². The van der Waals surface area contributed by atoms with Gasteiger partial charge in [-0.1, -0.05) is 30.3 Å². The quantitative estimate of drug-likeness (QED) is 0.641. The number of aliphatic hydroxyl groups is 1. The van der Waals surface area contributed by atoms with Crippen molar-refractivity contribution in [1.29, 1.82) is 0 Å². The maximum atomic E-state index is 13.3. The molecule has 2 atom stereocenters.